The Morgan fingerprint density at radius 2 is 2.12 bits per heavy atom. The second-order valence-corrected chi connectivity index (χ2v) is 4.83. The SMILES string of the molecule is Cn1c(Cl)cnc1SCC(=O)c1ccccc1. The molecule has 0 saturated heterocycles. The fraction of sp³-hybridized carbons (Fsp3) is 0.167. The molecule has 0 bridgehead atoms. The van der Waals surface area contributed by atoms with Crippen LogP contribution in [0.5, 0.6) is 0 Å². The lowest BCUT2D eigenvalue weighted by molar-refractivity contribution is 0.102. The van der Waals surface area contributed by atoms with Gasteiger partial charge in [0.1, 0.15) is 5.15 Å². The van der Waals surface area contributed by atoms with E-state index in [1.807, 2.05) is 37.4 Å². The lowest BCUT2D eigenvalue weighted by atomic mass is 10.2. The van der Waals surface area contributed by atoms with Crippen molar-refractivity contribution in [1.29, 1.82) is 0 Å². The van der Waals surface area contributed by atoms with Crippen LogP contribution in [0.4, 0.5) is 0 Å². The number of carbonyl (C=O) groups is 1. The highest BCUT2D eigenvalue weighted by molar-refractivity contribution is 7.99. The molecule has 2 rings (SSSR count). The quantitative estimate of drug-likeness (QED) is 0.630. The molecule has 5 heteroatoms. The Morgan fingerprint density at radius 1 is 1.41 bits per heavy atom. The molecule has 3 nitrogen and oxygen atoms in total. The summed E-state index contributed by atoms with van der Waals surface area (Å²) in [6.45, 7) is 0. The summed E-state index contributed by atoms with van der Waals surface area (Å²) in [5.41, 5.74) is 0.723. The number of Topliss-reactive ketones (excluding diaryl/α,β-unsaturated/α-hetero) is 1. The van der Waals surface area contributed by atoms with Crippen LogP contribution < -0.4 is 0 Å². The predicted molar refractivity (Wildman–Crippen MR) is 69.7 cm³/mol. The van der Waals surface area contributed by atoms with Crippen LogP contribution in [-0.4, -0.2) is 21.1 Å². The number of imidazole rings is 1. The number of thioether (sulfide) groups is 1. The number of benzene rings is 1. The zero-order valence-corrected chi connectivity index (χ0v) is 10.8. The summed E-state index contributed by atoms with van der Waals surface area (Å²) in [5, 5.41) is 1.32. The van der Waals surface area contributed by atoms with E-state index in [9.17, 15) is 4.79 Å². The second kappa shape index (κ2) is 5.38. The smallest absolute Gasteiger partial charge is 0.173 e. The summed E-state index contributed by atoms with van der Waals surface area (Å²) in [5.74, 6) is 0.459. The van der Waals surface area contributed by atoms with Gasteiger partial charge in [-0.2, -0.15) is 0 Å². The number of halogens is 1. The van der Waals surface area contributed by atoms with Gasteiger partial charge >= 0.3 is 0 Å². The molecule has 0 N–H and O–H groups in total. The van der Waals surface area contributed by atoms with Gasteiger partial charge in [-0.05, 0) is 0 Å². The minimum atomic E-state index is 0.0923. The van der Waals surface area contributed by atoms with Crippen molar-refractivity contribution >= 4 is 29.1 Å². The maximum atomic E-state index is 11.8. The fourth-order valence-corrected chi connectivity index (χ4v) is 2.37. The lowest BCUT2D eigenvalue weighted by Crippen LogP contribution is -2.03. The Labute approximate surface area is 109 Å². The number of hydrogen-bond donors (Lipinski definition) is 0. The van der Waals surface area contributed by atoms with E-state index in [0.717, 1.165) is 10.7 Å². The normalized spacial score (nSPS) is 10.5. The molecule has 1 aromatic heterocycles. The second-order valence-electron chi connectivity index (χ2n) is 3.50. The first kappa shape index (κ1) is 12.2. The van der Waals surface area contributed by atoms with Crippen LogP contribution in [0.25, 0.3) is 0 Å². The first-order chi connectivity index (χ1) is 8.18. The zero-order valence-electron chi connectivity index (χ0n) is 9.26. The van der Waals surface area contributed by atoms with Crippen LogP contribution in [0.1, 0.15) is 10.4 Å². The molecule has 0 aliphatic heterocycles. The highest BCUT2D eigenvalue weighted by Gasteiger charge is 2.09. The van der Waals surface area contributed by atoms with E-state index < -0.39 is 0 Å². The maximum Gasteiger partial charge on any atom is 0.173 e. The molecule has 17 heavy (non-hydrogen) atoms. The van der Waals surface area contributed by atoms with Gasteiger partial charge in [0.05, 0.1) is 11.9 Å². The summed E-state index contributed by atoms with van der Waals surface area (Å²) < 4.78 is 1.75. The monoisotopic (exact) mass is 266 g/mol. The van der Waals surface area contributed by atoms with E-state index in [2.05, 4.69) is 4.98 Å². The summed E-state index contributed by atoms with van der Waals surface area (Å²) in [6, 6.07) is 9.23. The van der Waals surface area contributed by atoms with Crippen molar-refractivity contribution in [3.05, 3.63) is 47.2 Å². The molecule has 0 unspecified atom stereocenters. The molecule has 1 heterocycles. The molecule has 0 atom stereocenters. The number of aromatic nitrogens is 2. The number of ketones is 1. The molecule has 88 valence electrons. The Balaban J connectivity index is 2.00. The van der Waals surface area contributed by atoms with Gasteiger partial charge in [-0.15, -0.1) is 0 Å². The van der Waals surface area contributed by atoms with Gasteiger partial charge in [-0.3, -0.25) is 4.79 Å². The van der Waals surface area contributed by atoms with Gasteiger partial charge in [-0.1, -0.05) is 53.7 Å². The molecular formula is C12H11ClN2OS. The Bertz CT molecular complexity index is 525. The topological polar surface area (TPSA) is 34.9 Å². The van der Waals surface area contributed by atoms with Crippen molar-refractivity contribution in [1.82, 2.24) is 9.55 Å². The number of carbonyl (C=O) groups excluding carboxylic acids is 1. The molecule has 0 radical (unpaired) electrons. The first-order valence-corrected chi connectivity index (χ1v) is 6.43. The molecule has 0 fully saturated rings. The van der Waals surface area contributed by atoms with Gasteiger partial charge in [0.2, 0.25) is 0 Å². The van der Waals surface area contributed by atoms with E-state index in [1.54, 1.807) is 10.8 Å². The minimum absolute atomic E-state index is 0.0923. The Kier molecular flexibility index (Phi) is 3.86. The van der Waals surface area contributed by atoms with Crippen LogP contribution >= 0.6 is 23.4 Å². The van der Waals surface area contributed by atoms with Crippen LogP contribution in [0.2, 0.25) is 5.15 Å². The van der Waals surface area contributed by atoms with Crippen molar-refractivity contribution in [2.75, 3.05) is 5.75 Å². The molecule has 0 saturated carbocycles. The van der Waals surface area contributed by atoms with Crippen molar-refractivity contribution < 1.29 is 4.79 Å². The highest BCUT2D eigenvalue weighted by Crippen LogP contribution is 2.20. The highest BCUT2D eigenvalue weighted by atomic mass is 35.5. The number of hydrogen-bond acceptors (Lipinski definition) is 3. The van der Waals surface area contributed by atoms with Crippen molar-refractivity contribution in [2.24, 2.45) is 7.05 Å². The summed E-state index contributed by atoms with van der Waals surface area (Å²) in [4.78, 5) is 16.0. The molecule has 0 aliphatic carbocycles. The van der Waals surface area contributed by atoms with E-state index in [-0.39, 0.29) is 5.78 Å². The summed E-state index contributed by atoms with van der Waals surface area (Å²) in [6.07, 6.45) is 1.58. The third-order valence-electron chi connectivity index (χ3n) is 2.32. The molecule has 0 aliphatic rings. The average molecular weight is 267 g/mol. The lowest BCUT2D eigenvalue weighted by Gasteiger charge is -2.02. The fourth-order valence-electron chi connectivity index (χ4n) is 1.34. The summed E-state index contributed by atoms with van der Waals surface area (Å²) >= 11 is 7.25. The standard InChI is InChI=1S/C12H11ClN2OS/c1-15-11(13)7-14-12(15)17-8-10(16)9-5-3-2-4-6-9/h2-7H,8H2,1H3. The van der Waals surface area contributed by atoms with Crippen molar-refractivity contribution in [2.45, 2.75) is 5.16 Å². The van der Waals surface area contributed by atoms with Gasteiger partial charge in [0.25, 0.3) is 0 Å². The maximum absolute atomic E-state index is 11.8. The van der Waals surface area contributed by atoms with Gasteiger partial charge in [-0.25, -0.2) is 4.98 Å². The van der Waals surface area contributed by atoms with E-state index in [0.29, 0.717) is 10.9 Å². The molecule has 0 spiro atoms. The van der Waals surface area contributed by atoms with Crippen molar-refractivity contribution in [3.63, 3.8) is 0 Å². The zero-order chi connectivity index (χ0) is 12.3. The van der Waals surface area contributed by atoms with Crippen LogP contribution in [0, 0.1) is 0 Å². The molecule has 0 amide bonds. The summed E-state index contributed by atoms with van der Waals surface area (Å²) in [7, 11) is 1.82. The molecular weight excluding hydrogens is 256 g/mol. The van der Waals surface area contributed by atoms with E-state index in [1.165, 1.54) is 11.8 Å². The van der Waals surface area contributed by atoms with Crippen LogP contribution in [-0.2, 0) is 7.05 Å². The largest absolute Gasteiger partial charge is 0.313 e. The van der Waals surface area contributed by atoms with Gasteiger partial charge < -0.3 is 4.57 Å². The van der Waals surface area contributed by atoms with Gasteiger partial charge in [0.15, 0.2) is 10.9 Å². The van der Waals surface area contributed by atoms with Gasteiger partial charge in [0, 0.05) is 12.6 Å². The number of rotatable bonds is 4. The first-order valence-electron chi connectivity index (χ1n) is 5.07. The molecule has 2 aromatic rings. The van der Waals surface area contributed by atoms with Crippen LogP contribution in [0.15, 0.2) is 41.7 Å². The molecule has 1 aromatic carbocycles. The third-order valence-corrected chi connectivity index (χ3v) is 3.71. The predicted octanol–water partition coefficient (Wildman–Crippen LogP) is 3.05. The number of nitrogens with zero attached hydrogens (tertiary/aromatic N) is 2. The minimum Gasteiger partial charge on any atom is -0.313 e. The van der Waals surface area contributed by atoms with Crippen LogP contribution in [0.3, 0.4) is 0 Å². The van der Waals surface area contributed by atoms with Crippen molar-refractivity contribution in [3.8, 4) is 0 Å². The Hall–Kier alpha value is -1.26. The van der Waals surface area contributed by atoms with E-state index in [4.69, 9.17) is 11.6 Å². The van der Waals surface area contributed by atoms with E-state index >= 15 is 0 Å². The average Bonchev–Trinajstić information content (AvgIpc) is 2.68. The third kappa shape index (κ3) is 2.90. The Morgan fingerprint density at radius 3 is 2.71 bits per heavy atom.